The van der Waals surface area contributed by atoms with Crippen LogP contribution in [0.5, 0.6) is 0 Å². The number of aryl methyl sites for hydroxylation is 2. The third-order valence-electron chi connectivity index (χ3n) is 18.8. The van der Waals surface area contributed by atoms with Crippen molar-refractivity contribution in [3.8, 4) is 11.1 Å². The van der Waals surface area contributed by atoms with Crippen LogP contribution in [0.25, 0.3) is 11.1 Å². The lowest BCUT2D eigenvalue weighted by atomic mass is 9.82. The summed E-state index contributed by atoms with van der Waals surface area (Å²) in [5, 5.41) is 8.41. The van der Waals surface area contributed by atoms with Gasteiger partial charge in [-0.2, -0.15) is 89.2 Å². The molecule has 12 rings (SSSR count). The van der Waals surface area contributed by atoms with Crippen molar-refractivity contribution in [3.63, 3.8) is 0 Å². The molecule has 0 bridgehead atoms. The van der Waals surface area contributed by atoms with E-state index in [1.807, 2.05) is 61.7 Å². The number of likely N-dealkylation sites (tertiary alicyclic amines) is 3. The Hall–Kier alpha value is -8.86. The Morgan fingerprint density at radius 3 is 1.05 bits per heavy atom. The maximum atomic E-state index is 13.5. The summed E-state index contributed by atoms with van der Waals surface area (Å²) in [5.41, 5.74) is -3.18. The highest BCUT2D eigenvalue weighted by atomic mass is 79.9. The Labute approximate surface area is 750 Å². The minimum absolute atomic E-state index is 0.0675. The molecule has 3 atom stereocenters. The molecule has 2 N–H and O–H groups in total. The second kappa shape index (κ2) is 41.9. The topological polar surface area (TPSA) is 253 Å². The predicted octanol–water partition coefficient (Wildman–Crippen LogP) is 20.4. The molecule has 4 aliphatic heterocycles. The number of alkyl halides is 19. The summed E-state index contributed by atoms with van der Waals surface area (Å²) < 4.78 is 267. The number of aromatic nitrogens is 10. The number of hydrogen-bond acceptors (Lipinski definition) is 19. The van der Waals surface area contributed by atoms with Crippen LogP contribution in [0.2, 0.25) is 5.28 Å². The number of ether oxygens (including phenoxy) is 3. The summed E-state index contributed by atoms with van der Waals surface area (Å²) in [7, 11) is 3.32. The highest BCUT2D eigenvalue weighted by Gasteiger charge is 2.52. The first kappa shape index (κ1) is 105. The second-order valence-electron chi connectivity index (χ2n) is 33.4. The molecule has 4 saturated heterocycles. The molecule has 0 aliphatic carbocycles. The molecule has 8 aromatic rings. The fraction of sp³-hybridized carbons (Fsp3) is 0.512. The standard InChI is InChI=1S/C26H28F6N6O2.C22H23BrF6N4O2.C10H17BN2O2.C9H5BrF6.C9H18N2O2.C4H2BrClN2/c1-24(2,3)40-23(39)37-6-5-21(15-37)38(22-33-10-17(11-34-22)18-12-35-36(4)14-18)13-16-7-19(25(27,28)29)9-20(8-16)26(30,31)32;1-20(2,3)35-19(34)32-5-4-17(12-32)33(18-30-9-16(23)10-31-18)11-13-6-14(21(24,25)26)8-15(7-13)22(27,28)29;1-9(2)10(3,4)15-11(14-9)8-6-12-13(5)7-8;10-4-5-1-6(8(11,12)13)3-7(2-5)9(14,15)16;1-9(2,3)13-8(12)11-5-4-7(10)6-11;5-3-1-7-4(6)8-2-3/h7-12,14,21H,5-6,13,15H2,1-4H3;6-10,17H,4-5,11-12H2,1-3H3;6-7H,1-5H3;1-3H,4H2;7H,4-6,10H2,1-3H3;1-2H/t21-;17-;;;7-;/m00..0./s1. The molecule has 47 heteroatoms. The number of carbonyl (C=O) groups is 3. The number of rotatable bonds is 11. The van der Waals surface area contributed by atoms with Crippen molar-refractivity contribution >= 4 is 102 Å². The molecular formula is C80H93BBr3ClF18N16O8. The minimum atomic E-state index is -4.98. The van der Waals surface area contributed by atoms with Crippen molar-refractivity contribution in [1.82, 2.24) is 64.2 Å². The molecule has 0 unspecified atom stereocenters. The number of halogens is 22. The fourth-order valence-corrected chi connectivity index (χ4v) is 13.0. The quantitative estimate of drug-likeness (QED) is 0.0415. The number of nitrogens with zero attached hydrogens (tertiary/aromatic N) is 15. The molecule has 9 heterocycles. The molecule has 0 spiro atoms. The van der Waals surface area contributed by atoms with Gasteiger partial charge in [0.1, 0.15) is 16.8 Å². The molecule has 24 nitrogen and oxygen atoms in total. The van der Waals surface area contributed by atoms with Crippen LogP contribution in [0.4, 0.5) is 105 Å². The van der Waals surface area contributed by atoms with Gasteiger partial charge >= 0.3 is 62.5 Å². The SMILES string of the molecule is CC(C)(C)OC(=O)N1CC[C@H](N(Cc2cc(C(F)(F)F)cc(C(F)(F)F)c2)c2ncc(Br)cn2)C1.CC(C)(C)OC(=O)N1CC[C@H](N)C1.Clc1ncc(Br)cn1.Cn1cc(-c2cnc(N(Cc3cc(C(F)(F)F)cc(C(F)(F)F)c3)[C@H]3CCN(C(=O)OC(C)(C)C)C3)nc2)cn1.Cn1cc(B2OC(C)(C)C(C)(C)O2)cn1.FC(F)(F)c1cc(CBr)cc(C(F)(F)F)c1. The van der Waals surface area contributed by atoms with Gasteiger partial charge in [-0.05, 0) is 224 Å². The van der Waals surface area contributed by atoms with Gasteiger partial charge in [0.2, 0.25) is 17.2 Å². The van der Waals surface area contributed by atoms with Crippen molar-refractivity contribution in [2.45, 2.75) is 211 Å². The molecule has 5 aromatic heterocycles. The molecule has 3 aromatic carbocycles. The van der Waals surface area contributed by atoms with E-state index in [9.17, 15) is 93.4 Å². The Morgan fingerprint density at radius 2 is 0.764 bits per heavy atom. The molecule has 698 valence electrons. The van der Waals surface area contributed by atoms with Gasteiger partial charge in [0, 0.05) is 150 Å². The Balaban J connectivity index is 0.000000227. The lowest BCUT2D eigenvalue weighted by molar-refractivity contribution is -0.144. The van der Waals surface area contributed by atoms with Gasteiger partial charge in [-0.15, -0.1) is 0 Å². The van der Waals surface area contributed by atoms with Crippen LogP contribution < -0.4 is 21.0 Å². The summed E-state index contributed by atoms with van der Waals surface area (Å²) in [6, 6.07) is 3.54. The first-order valence-corrected chi connectivity index (χ1v) is 41.6. The smallest absolute Gasteiger partial charge is 0.444 e. The predicted molar refractivity (Wildman–Crippen MR) is 445 cm³/mol. The zero-order chi connectivity index (χ0) is 95.5. The van der Waals surface area contributed by atoms with Gasteiger partial charge in [0.05, 0.1) is 71.8 Å². The van der Waals surface area contributed by atoms with Crippen molar-refractivity contribution in [3.05, 3.63) is 181 Å². The van der Waals surface area contributed by atoms with Crippen molar-refractivity contribution in [1.29, 1.82) is 0 Å². The Bertz CT molecular complexity index is 4840. The van der Waals surface area contributed by atoms with Crippen LogP contribution in [0.15, 0.2) is 126 Å². The lowest BCUT2D eigenvalue weighted by Gasteiger charge is -2.32. The summed E-state index contributed by atoms with van der Waals surface area (Å²) in [4.78, 5) is 68.6. The molecule has 127 heavy (non-hydrogen) atoms. The fourth-order valence-electron chi connectivity index (χ4n) is 12.2. The molecule has 0 saturated carbocycles. The van der Waals surface area contributed by atoms with Crippen LogP contribution in [0.1, 0.15) is 159 Å². The van der Waals surface area contributed by atoms with E-state index in [1.54, 1.807) is 93.8 Å². The van der Waals surface area contributed by atoms with E-state index >= 15 is 0 Å². The third-order valence-corrected chi connectivity index (χ3v) is 20.5. The summed E-state index contributed by atoms with van der Waals surface area (Å²) >= 11 is 14.6. The normalized spacial score (nSPS) is 17.2. The zero-order valence-electron chi connectivity index (χ0n) is 71.1. The monoisotopic (exact) mass is 2030 g/mol. The minimum Gasteiger partial charge on any atom is -0.444 e. The maximum Gasteiger partial charge on any atom is 0.498 e. The zero-order valence-corrected chi connectivity index (χ0v) is 76.6. The van der Waals surface area contributed by atoms with Crippen LogP contribution in [-0.4, -0.2) is 175 Å². The van der Waals surface area contributed by atoms with Crippen LogP contribution >= 0.6 is 59.4 Å². The van der Waals surface area contributed by atoms with Gasteiger partial charge in [-0.25, -0.2) is 44.3 Å². The van der Waals surface area contributed by atoms with Gasteiger partial charge < -0.3 is 53.8 Å². The average Bonchev–Trinajstić information content (AvgIpc) is 1.70. The van der Waals surface area contributed by atoms with Crippen molar-refractivity contribution in [2.24, 2.45) is 19.8 Å². The molecule has 3 amide bonds. The first-order valence-electron chi connectivity index (χ1n) is 38.6. The number of amides is 3. The Kier molecular flexibility index (Phi) is 34.7. The highest BCUT2D eigenvalue weighted by Crippen LogP contribution is 2.42. The highest BCUT2D eigenvalue weighted by molar-refractivity contribution is 9.10. The van der Waals surface area contributed by atoms with E-state index in [4.69, 9.17) is 40.9 Å². The molecule has 0 radical (unpaired) electrons. The van der Waals surface area contributed by atoms with Gasteiger partial charge in [-0.3, -0.25) is 9.36 Å². The number of nitrogens with two attached hydrogens (primary N) is 1. The summed E-state index contributed by atoms with van der Waals surface area (Å²) in [5.74, 6) is 0.199. The lowest BCUT2D eigenvalue weighted by Crippen LogP contribution is -2.41. The number of anilines is 2. The molecule has 4 aliphatic rings. The van der Waals surface area contributed by atoms with E-state index in [2.05, 4.69) is 87.9 Å². The number of carbonyl (C=O) groups excluding carboxylic acids is 3. The first-order chi connectivity index (χ1) is 58.1. The van der Waals surface area contributed by atoms with Crippen LogP contribution in [0.3, 0.4) is 0 Å². The van der Waals surface area contributed by atoms with Crippen molar-refractivity contribution in [2.75, 3.05) is 49.1 Å². The third kappa shape index (κ3) is 32.6. The van der Waals surface area contributed by atoms with Crippen LogP contribution in [-0.2, 0) is 93.1 Å². The van der Waals surface area contributed by atoms with Crippen LogP contribution in [0, 0.1) is 0 Å². The van der Waals surface area contributed by atoms with Gasteiger partial charge in [0.15, 0.2) is 0 Å². The van der Waals surface area contributed by atoms with E-state index in [-0.39, 0.29) is 121 Å². The maximum absolute atomic E-state index is 13.5. The van der Waals surface area contributed by atoms with E-state index < -0.39 is 112 Å². The van der Waals surface area contributed by atoms with E-state index in [0.717, 1.165) is 28.5 Å². The van der Waals surface area contributed by atoms with Gasteiger partial charge in [0.25, 0.3) is 0 Å². The molecule has 4 fully saturated rings. The van der Waals surface area contributed by atoms with E-state index in [0.29, 0.717) is 72.4 Å². The number of benzene rings is 3. The Morgan fingerprint density at radius 1 is 0.457 bits per heavy atom. The number of hydrogen-bond donors (Lipinski definition) is 1. The largest absolute Gasteiger partial charge is 0.498 e. The summed E-state index contributed by atoms with van der Waals surface area (Å²) in [6.45, 7) is 25.5. The second-order valence-corrected chi connectivity index (χ2v) is 36.2. The van der Waals surface area contributed by atoms with Crippen molar-refractivity contribution < 1.29 is 117 Å². The van der Waals surface area contributed by atoms with Gasteiger partial charge in [-0.1, -0.05) is 15.9 Å². The van der Waals surface area contributed by atoms with E-state index in [1.165, 1.54) is 44.4 Å². The molecular weight excluding hydrogens is 1940 g/mol. The average molecular weight is 2030 g/mol. The summed E-state index contributed by atoms with van der Waals surface area (Å²) in [6.07, 6.45) is -13.1.